The summed E-state index contributed by atoms with van der Waals surface area (Å²) in [5, 5.41) is 3.41. The minimum Gasteiger partial charge on any atom is -0.398 e. The lowest BCUT2D eigenvalue weighted by Crippen LogP contribution is -2.39. The fraction of sp³-hybridized carbons (Fsp3) is 0.417. The molecule has 92 valence electrons. The molecule has 0 bridgehead atoms. The van der Waals surface area contributed by atoms with Crippen molar-refractivity contribution < 1.29 is 9.53 Å². The number of carbonyl (C=O) groups excluding carboxylic acids is 1. The highest BCUT2D eigenvalue weighted by Gasteiger charge is 2.26. The summed E-state index contributed by atoms with van der Waals surface area (Å²) in [5.74, 6) is -0.202. The van der Waals surface area contributed by atoms with Gasteiger partial charge >= 0.3 is 0 Å². The molecule has 2 unspecified atom stereocenters. The van der Waals surface area contributed by atoms with Gasteiger partial charge in [0.1, 0.15) is 0 Å². The van der Waals surface area contributed by atoms with Gasteiger partial charge in [-0.25, -0.2) is 0 Å². The molecular formula is C12H15ClN2O2. The number of nitrogens with one attached hydrogen (secondary N) is 1. The van der Waals surface area contributed by atoms with Crippen LogP contribution in [0, 0.1) is 0 Å². The number of hydrogen-bond acceptors (Lipinski definition) is 3. The molecule has 0 aromatic heterocycles. The maximum atomic E-state index is 12.0. The van der Waals surface area contributed by atoms with Crippen molar-refractivity contribution >= 4 is 23.2 Å². The Balaban J connectivity index is 2.11. The zero-order valence-electron chi connectivity index (χ0n) is 9.57. The van der Waals surface area contributed by atoms with Gasteiger partial charge in [-0.1, -0.05) is 11.6 Å². The summed E-state index contributed by atoms with van der Waals surface area (Å²) in [6, 6.07) is 4.91. The molecule has 4 nitrogen and oxygen atoms in total. The second-order valence-electron chi connectivity index (χ2n) is 4.18. The second kappa shape index (κ2) is 4.94. The van der Waals surface area contributed by atoms with Gasteiger partial charge in [0.25, 0.3) is 5.91 Å². The van der Waals surface area contributed by atoms with Crippen molar-refractivity contribution in [1.82, 2.24) is 5.32 Å². The highest BCUT2D eigenvalue weighted by atomic mass is 35.5. The van der Waals surface area contributed by atoms with Gasteiger partial charge in [0.15, 0.2) is 0 Å². The number of anilines is 1. The Bertz CT molecular complexity index is 437. The van der Waals surface area contributed by atoms with Crippen molar-refractivity contribution in [2.75, 3.05) is 12.3 Å². The Morgan fingerprint density at radius 3 is 3.00 bits per heavy atom. The van der Waals surface area contributed by atoms with Crippen LogP contribution >= 0.6 is 11.6 Å². The third kappa shape index (κ3) is 2.70. The summed E-state index contributed by atoms with van der Waals surface area (Å²) in [5.41, 5.74) is 6.59. The van der Waals surface area contributed by atoms with Crippen LogP contribution in [0.25, 0.3) is 0 Å². The number of ether oxygens (including phenoxy) is 1. The molecule has 2 rings (SSSR count). The molecule has 1 aliphatic rings. The molecule has 1 amide bonds. The monoisotopic (exact) mass is 254 g/mol. The summed E-state index contributed by atoms with van der Waals surface area (Å²) in [4.78, 5) is 12.0. The largest absolute Gasteiger partial charge is 0.398 e. The van der Waals surface area contributed by atoms with Crippen molar-refractivity contribution in [1.29, 1.82) is 0 Å². The van der Waals surface area contributed by atoms with Gasteiger partial charge in [0.05, 0.1) is 17.7 Å². The number of nitrogens with two attached hydrogens (primary N) is 1. The summed E-state index contributed by atoms with van der Waals surface area (Å²) in [6.07, 6.45) is 0.868. The summed E-state index contributed by atoms with van der Waals surface area (Å²) >= 11 is 5.85. The van der Waals surface area contributed by atoms with Crippen molar-refractivity contribution in [3.63, 3.8) is 0 Å². The molecule has 0 aliphatic carbocycles. The maximum absolute atomic E-state index is 12.0. The van der Waals surface area contributed by atoms with Crippen molar-refractivity contribution in [2.45, 2.75) is 25.5 Å². The zero-order valence-corrected chi connectivity index (χ0v) is 10.3. The first kappa shape index (κ1) is 12.2. The third-order valence-corrected chi connectivity index (χ3v) is 3.19. The predicted octanol–water partition coefficient (Wildman–Crippen LogP) is 1.83. The van der Waals surface area contributed by atoms with Crippen LogP contribution in [0.2, 0.25) is 5.02 Å². The molecule has 0 spiro atoms. The van der Waals surface area contributed by atoms with E-state index in [0.29, 0.717) is 22.9 Å². The highest BCUT2D eigenvalue weighted by Crippen LogP contribution is 2.19. The first-order valence-electron chi connectivity index (χ1n) is 5.55. The van der Waals surface area contributed by atoms with E-state index in [2.05, 4.69) is 5.32 Å². The number of rotatable bonds is 2. The molecule has 17 heavy (non-hydrogen) atoms. The molecule has 1 heterocycles. The van der Waals surface area contributed by atoms with Crippen molar-refractivity contribution in [3.8, 4) is 0 Å². The van der Waals surface area contributed by atoms with Crippen LogP contribution in [-0.4, -0.2) is 24.7 Å². The third-order valence-electron chi connectivity index (χ3n) is 2.95. The molecule has 5 heteroatoms. The second-order valence-corrected chi connectivity index (χ2v) is 4.61. The molecule has 0 saturated carbocycles. The van der Waals surface area contributed by atoms with Crippen LogP contribution in [0.15, 0.2) is 18.2 Å². The van der Waals surface area contributed by atoms with E-state index < -0.39 is 0 Å². The SMILES string of the molecule is CC1OCCC1NC(=O)c1cc(Cl)ccc1N. The van der Waals surface area contributed by atoms with Crippen LogP contribution in [0.3, 0.4) is 0 Å². The average molecular weight is 255 g/mol. The van der Waals surface area contributed by atoms with Crippen LogP contribution in [0.1, 0.15) is 23.7 Å². The smallest absolute Gasteiger partial charge is 0.253 e. The Morgan fingerprint density at radius 1 is 1.59 bits per heavy atom. The zero-order chi connectivity index (χ0) is 12.4. The van der Waals surface area contributed by atoms with E-state index in [9.17, 15) is 4.79 Å². The van der Waals surface area contributed by atoms with Gasteiger partial charge in [-0.3, -0.25) is 4.79 Å². The van der Waals surface area contributed by atoms with E-state index in [-0.39, 0.29) is 18.1 Å². The minimum absolute atomic E-state index is 0.0411. The number of halogens is 1. The van der Waals surface area contributed by atoms with Gasteiger partial charge < -0.3 is 15.8 Å². The Kier molecular flexibility index (Phi) is 3.54. The van der Waals surface area contributed by atoms with Crippen LogP contribution < -0.4 is 11.1 Å². The molecule has 1 fully saturated rings. The lowest BCUT2D eigenvalue weighted by Gasteiger charge is -2.16. The van der Waals surface area contributed by atoms with Crippen molar-refractivity contribution in [2.24, 2.45) is 0 Å². The number of amides is 1. The van der Waals surface area contributed by atoms with Crippen LogP contribution in [0.5, 0.6) is 0 Å². The standard InChI is InChI=1S/C12H15ClN2O2/c1-7-11(4-5-17-7)15-12(16)9-6-8(13)2-3-10(9)14/h2-3,6-7,11H,4-5,14H2,1H3,(H,15,16). The normalized spacial score (nSPS) is 23.6. The molecule has 0 radical (unpaired) electrons. The van der Waals surface area contributed by atoms with Gasteiger partial charge in [-0.15, -0.1) is 0 Å². The van der Waals surface area contributed by atoms with Crippen LogP contribution in [-0.2, 0) is 4.74 Å². The Labute approximate surface area is 105 Å². The summed E-state index contributed by atoms with van der Waals surface area (Å²) < 4.78 is 5.38. The first-order valence-corrected chi connectivity index (χ1v) is 5.93. The van der Waals surface area contributed by atoms with E-state index in [1.807, 2.05) is 6.92 Å². The number of hydrogen-bond donors (Lipinski definition) is 2. The molecule has 1 aromatic carbocycles. The van der Waals surface area contributed by atoms with E-state index >= 15 is 0 Å². The highest BCUT2D eigenvalue weighted by molar-refractivity contribution is 6.31. The van der Waals surface area contributed by atoms with Gasteiger partial charge in [0, 0.05) is 17.3 Å². The van der Waals surface area contributed by atoms with E-state index in [4.69, 9.17) is 22.1 Å². The number of benzene rings is 1. The lowest BCUT2D eigenvalue weighted by atomic mass is 10.1. The average Bonchev–Trinajstić information content (AvgIpc) is 2.68. The summed E-state index contributed by atoms with van der Waals surface area (Å²) in [6.45, 7) is 2.62. The molecule has 1 saturated heterocycles. The Morgan fingerprint density at radius 2 is 2.35 bits per heavy atom. The molecule has 1 aromatic rings. The van der Waals surface area contributed by atoms with Gasteiger partial charge in [-0.05, 0) is 31.5 Å². The first-order chi connectivity index (χ1) is 8.08. The molecular weight excluding hydrogens is 240 g/mol. The maximum Gasteiger partial charge on any atom is 0.253 e. The van der Waals surface area contributed by atoms with Crippen LogP contribution in [0.4, 0.5) is 5.69 Å². The fourth-order valence-electron chi connectivity index (χ4n) is 1.89. The van der Waals surface area contributed by atoms with Crippen molar-refractivity contribution in [3.05, 3.63) is 28.8 Å². The van der Waals surface area contributed by atoms with E-state index in [1.54, 1.807) is 18.2 Å². The van der Waals surface area contributed by atoms with E-state index in [1.165, 1.54) is 0 Å². The Hall–Kier alpha value is -1.26. The topological polar surface area (TPSA) is 64.3 Å². The number of nitrogen functional groups attached to an aromatic ring is 1. The molecule has 2 atom stereocenters. The number of carbonyl (C=O) groups is 1. The van der Waals surface area contributed by atoms with Gasteiger partial charge in [-0.2, -0.15) is 0 Å². The predicted molar refractivity (Wildman–Crippen MR) is 67.1 cm³/mol. The summed E-state index contributed by atoms with van der Waals surface area (Å²) in [7, 11) is 0. The lowest BCUT2D eigenvalue weighted by molar-refractivity contribution is 0.0867. The van der Waals surface area contributed by atoms with Gasteiger partial charge in [0.2, 0.25) is 0 Å². The molecule has 1 aliphatic heterocycles. The quantitative estimate of drug-likeness (QED) is 0.792. The van der Waals surface area contributed by atoms with E-state index in [0.717, 1.165) is 6.42 Å². The molecule has 3 N–H and O–H groups in total. The minimum atomic E-state index is -0.202. The fourth-order valence-corrected chi connectivity index (χ4v) is 2.06.